The highest BCUT2D eigenvalue weighted by Gasteiger charge is 2.21. The van der Waals surface area contributed by atoms with Gasteiger partial charge < -0.3 is 4.57 Å². The Hall–Kier alpha value is -1.83. The van der Waals surface area contributed by atoms with Gasteiger partial charge in [0, 0.05) is 17.3 Å². The lowest BCUT2D eigenvalue weighted by molar-refractivity contribution is 0.588. The number of rotatable bonds is 7. The molecule has 0 atom stereocenters. The second-order valence-electron chi connectivity index (χ2n) is 5.60. The Morgan fingerprint density at radius 3 is 2.42 bits per heavy atom. The fourth-order valence-electron chi connectivity index (χ4n) is 2.49. The molecule has 3 aromatic rings. The molecule has 0 aliphatic carbocycles. The molecule has 0 radical (unpaired) electrons. The monoisotopic (exact) mass is 407 g/mol. The van der Waals surface area contributed by atoms with Gasteiger partial charge in [0.1, 0.15) is 11.6 Å². The predicted octanol–water partition coefficient (Wildman–Crippen LogP) is 4.22. The van der Waals surface area contributed by atoms with Crippen LogP contribution in [0.2, 0.25) is 5.02 Å². The van der Waals surface area contributed by atoms with E-state index in [4.69, 9.17) is 11.6 Å². The molecular weight excluding hydrogens is 390 g/mol. The molecule has 2 aromatic carbocycles. The number of hydrogen-bond donors (Lipinski definition) is 0. The number of halogens is 1. The first-order valence-electron chi connectivity index (χ1n) is 8.07. The maximum atomic E-state index is 12.6. The molecule has 8 heteroatoms. The maximum absolute atomic E-state index is 12.6. The number of aromatic nitrogens is 3. The van der Waals surface area contributed by atoms with E-state index in [0.29, 0.717) is 28.3 Å². The van der Waals surface area contributed by atoms with Crippen LogP contribution in [0.1, 0.15) is 18.3 Å². The van der Waals surface area contributed by atoms with Crippen LogP contribution in [-0.2, 0) is 27.9 Å². The van der Waals surface area contributed by atoms with Gasteiger partial charge in [-0.2, -0.15) is 0 Å². The normalized spacial score (nSPS) is 11.6. The Bertz CT molecular complexity index is 989. The summed E-state index contributed by atoms with van der Waals surface area (Å²) in [6.07, 6.45) is 0. The largest absolute Gasteiger partial charge is 0.305 e. The zero-order valence-corrected chi connectivity index (χ0v) is 16.6. The molecule has 0 spiro atoms. The van der Waals surface area contributed by atoms with Crippen molar-refractivity contribution >= 4 is 33.2 Å². The van der Waals surface area contributed by atoms with Crippen molar-refractivity contribution in [1.29, 1.82) is 0 Å². The fraction of sp³-hybridized carbons (Fsp3) is 0.222. The fourth-order valence-corrected chi connectivity index (χ4v) is 5.09. The second-order valence-corrected chi connectivity index (χ2v) is 8.93. The highest BCUT2D eigenvalue weighted by Crippen LogP contribution is 2.26. The third-order valence-electron chi connectivity index (χ3n) is 3.85. The summed E-state index contributed by atoms with van der Waals surface area (Å²) in [4.78, 5) is 0.288. The van der Waals surface area contributed by atoms with Crippen LogP contribution in [0.25, 0.3) is 0 Å². The number of hydrogen-bond acceptors (Lipinski definition) is 5. The molecule has 0 aliphatic heterocycles. The van der Waals surface area contributed by atoms with Crippen molar-refractivity contribution in [2.75, 3.05) is 0 Å². The minimum Gasteiger partial charge on any atom is -0.305 e. The van der Waals surface area contributed by atoms with Gasteiger partial charge in [0.15, 0.2) is 15.0 Å². The van der Waals surface area contributed by atoms with E-state index in [-0.39, 0.29) is 10.6 Å². The van der Waals surface area contributed by atoms with Gasteiger partial charge >= 0.3 is 0 Å². The molecule has 0 saturated heterocycles. The Kier molecular flexibility index (Phi) is 6.01. The minimum absolute atomic E-state index is 0.176. The van der Waals surface area contributed by atoms with Crippen LogP contribution in [0.15, 0.2) is 64.6 Å². The van der Waals surface area contributed by atoms with Crippen molar-refractivity contribution in [3.8, 4) is 0 Å². The van der Waals surface area contributed by atoms with Gasteiger partial charge in [-0.15, -0.1) is 10.2 Å². The highest BCUT2D eigenvalue weighted by molar-refractivity contribution is 7.98. The van der Waals surface area contributed by atoms with Crippen molar-refractivity contribution in [2.45, 2.75) is 35.0 Å². The van der Waals surface area contributed by atoms with Gasteiger partial charge in [-0.05, 0) is 30.7 Å². The van der Waals surface area contributed by atoms with E-state index >= 15 is 0 Å². The lowest BCUT2D eigenvalue weighted by Gasteiger charge is -2.08. The van der Waals surface area contributed by atoms with E-state index in [1.807, 2.05) is 35.8 Å². The molecule has 3 rings (SSSR count). The minimum atomic E-state index is -3.46. The smallest absolute Gasteiger partial charge is 0.191 e. The van der Waals surface area contributed by atoms with Crippen LogP contribution >= 0.6 is 23.4 Å². The van der Waals surface area contributed by atoms with E-state index < -0.39 is 9.84 Å². The average Bonchev–Trinajstić information content (AvgIpc) is 3.02. The molecule has 0 bridgehead atoms. The average molecular weight is 408 g/mol. The highest BCUT2D eigenvalue weighted by atomic mass is 35.5. The van der Waals surface area contributed by atoms with Crippen LogP contribution in [0.4, 0.5) is 0 Å². The van der Waals surface area contributed by atoms with Crippen LogP contribution in [0.3, 0.4) is 0 Å². The molecule has 1 heterocycles. The van der Waals surface area contributed by atoms with Crippen LogP contribution in [0, 0.1) is 0 Å². The first kappa shape index (κ1) is 18.9. The Balaban J connectivity index is 1.79. The second kappa shape index (κ2) is 8.24. The summed E-state index contributed by atoms with van der Waals surface area (Å²) < 4.78 is 27.0. The molecule has 5 nitrogen and oxygen atoms in total. The summed E-state index contributed by atoms with van der Waals surface area (Å²) in [5.74, 6) is 0.909. The first-order valence-corrected chi connectivity index (χ1v) is 11.1. The zero-order chi connectivity index (χ0) is 18.6. The molecule has 26 heavy (non-hydrogen) atoms. The van der Waals surface area contributed by atoms with Gasteiger partial charge in [-0.25, -0.2) is 8.42 Å². The molecule has 0 N–H and O–H groups in total. The number of thioether (sulfide) groups is 1. The molecule has 0 saturated carbocycles. The quantitative estimate of drug-likeness (QED) is 0.548. The lowest BCUT2D eigenvalue weighted by atomic mass is 10.2. The third kappa shape index (κ3) is 4.28. The summed E-state index contributed by atoms with van der Waals surface area (Å²) >= 11 is 7.68. The number of sulfone groups is 1. The summed E-state index contributed by atoms with van der Waals surface area (Å²) in [5.41, 5.74) is 1.00. The molecule has 136 valence electrons. The van der Waals surface area contributed by atoms with Gasteiger partial charge in [0.05, 0.1) is 4.90 Å². The molecule has 0 fully saturated rings. The van der Waals surface area contributed by atoms with Gasteiger partial charge in [0.2, 0.25) is 0 Å². The number of benzene rings is 2. The van der Waals surface area contributed by atoms with Crippen LogP contribution < -0.4 is 0 Å². The van der Waals surface area contributed by atoms with Crippen molar-refractivity contribution in [1.82, 2.24) is 14.8 Å². The van der Waals surface area contributed by atoms with E-state index in [2.05, 4.69) is 10.2 Å². The summed E-state index contributed by atoms with van der Waals surface area (Å²) in [7, 11) is -3.46. The van der Waals surface area contributed by atoms with Crippen molar-refractivity contribution in [3.05, 3.63) is 71.0 Å². The topological polar surface area (TPSA) is 64.8 Å². The SMILES string of the molecule is CCn1c(CS(=O)(=O)c2ccccc2)nnc1SCc1ccccc1Cl. The first-order chi connectivity index (χ1) is 12.5. The van der Waals surface area contributed by atoms with Gasteiger partial charge in [-0.3, -0.25) is 0 Å². The molecule has 0 unspecified atom stereocenters. The zero-order valence-electron chi connectivity index (χ0n) is 14.2. The number of nitrogens with zero attached hydrogens (tertiary/aromatic N) is 3. The Morgan fingerprint density at radius 1 is 1.04 bits per heavy atom. The van der Waals surface area contributed by atoms with Gasteiger partial charge in [-0.1, -0.05) is 59.8 Å². The van der Waals surface area contributed by atoms with E-state index in [1.165, 1.54) is 11.8 Å². The predicted molar refractivity (Wildman–Crippen MR) is 104 cm³/mol. The summed E-state index contributed by atoms with van der Waals surface area (Å²) in [5, 5.41) is 9.68. The molecule has 1 aromatic heterocycles. The van der Waals surface area contributed by atoms with Crippen molar-refractivity contribution in [2.24, 2.45) is 0 Å². The third-order valence-corrected chi connectivity index (χ3v) is 6.86. The molecule has 0 aliphatic rings. The molecule has 0 amide bonds. The molecular formula is C18H18ClN3O2S2. The van der Waals surface area contributed by atoms with Gasteiger partial charge in [0.25, 0.3) is 0 Å². The van der Waals surface area contributed by atoms with Crippen LogP contribution in [0.5, 0.6) is 0 Å². The van der Waals surface area contributed by atoms with Crippen LogP contribution in [-0.4, -0.2) is 23.2 Å². The summed E-state index contributed by atoms with van der Waals surface area (Å²) in [6.45, 7) is 2.54. The van der Waals surface area contributed by atoms with Crippen molar-refractivity contribution in [3.63, 3.8) is 0 Å². The Morgan fingerprint density at radius 2 is 1.73 bits per heavy atom. The van der Waals surface area contributed by atoms with E-state index in [0.717, 1.165) is 5.56 Å². The maximum Gasteiger partial charge on any atom is 0.191 e. The van der Waals surface area contributed by atoms with E-state index in [1.54, 1.807) is 30.3 Å². The lowest BCUT2D eigenvalue weighted by Crippen LogP contribution is -2.11. The Labute approximate surface area is 162 Å². The standard InChI is InChI=1S/C18H18ClN3O2S2/c1-2-22-17(13-26(23,24)15-9-4-3-5-10-15)20-21-18(22)25-12-14-8-6-7-11-16(14)19/h3-11H,2,12-13H2,1H3. The van der Waals surface area contributed by atoms with E-state index in [9.17, 15) is 8.42 Å². The summed E-state index contributed by atoms with van der Waals surface area (Å²) in [6, 6.07) is 16.0. The van der Waals surface area contributed by atoms with Crippen molar-refractivity contribution < 1.29 is 8.42 Å².